The van der Waals surface area contributed by atoms with E-state index in [-0.39, 0.29) is 5.46 Å². The summed E-state index contributed by atoms with van der Waals surface area (Å²) in [5.74, 6) is -0.618. The molecule has 92 valence electrons. The summed E-state index contributed by atoms with van der Waals surface area (Å²) < 4.78 is 25.0. The molecule has 1 saturated heterocycles. The number of pyridine rings is 1. The molecule has 3 nitrogen and oxygen atoms in total. The molecule has 0 unspecified atom stereocenters. The monoisotopic (exact) mass is 257 g/mol. The van der Waals surface area contributed by atoms with Crippen LogP contribution in [0.1, 0.15) is 27.7 Å². The van der Waals surface area contributed by atoms with Crippen molar-refractivity contribution in [3.63, 3.8) is 0 Å². The van der Waals surface area contributed by atoms with Crippen molar-refractivity contribution < 1.29 is 13.7 Å². The Bertz CT molecular complexity index is 437. The lowest BCUT2D eigenvalue weighted by Crippen LogP contribution is -2.41. The largest absolute Gasteiger partial charge is 0.499 e. The minimum absolute atomic E-state index is 0.233. The first-order valence-electron chi connectivity index (χ1n) is 5.39. The molecule has 1 aromatic rings. The first-order chi connectivity index (χ1) is 7.73. The Kier molecular flexibility index (Phi) is 2.96. The summed E-state index contributed by atoms with van der Waals surface area (Å²) in [6.45, 7) is 7.62. The first-order valence-corrected chi connectivity index (χ1v) is 5.77. The minimum Gasteiger partial charge on any atom is -0.399 e. The third-order valence-corrected chi connectivity index (χ3v) is 3.55. The number of halogens is 2. The van der Waals surface area contributed by atoms with E-state index in [1.165, 1.54) is 12.3 Å². The fourth-order valence-corrected chi connectivity index (χ4v) is 1.74. The van der Waals surface area contributed by atoms with Crippen molar-refractivity contribution in [3.05, 3.63) is 23.2 Å². The van der Waals surface area contributed by atoms with E-state index in [9.17, 15) is 4.39 Å². The van der Waals surface area contributed by atoms with Crippen LogP contribution in [-0.2, 0) is 9.31 Å². The molecule has 0 radical (unpaired) electrons. The maximum absolute atomic E-state index is 13.6. The minimum atomic E-state index is -0.772. The number of rotatable bonds is 1. The molecule has 6 heteroatoms. The molecule has 1 aliphatic rings. The van der Waals surface area contributed by atoms with E-state index < -0.39 is 24.3 Å². The predicted octanol–water partition coefficient (Wildman–Crippen LogP) is 2.17. The van der Waals surface area contributed by atoms with Gasteiger partial charge in [-0.1, -0.05) is 11.6 Å². The molecule has 0 aromatic carbocycles. The van der Waals surface area contributed by atoms with Crippen molar-refractivity contribution >= 4 is 24.2 Å². The molecule has 17 heavy (non-hydrogen) atoms. The van der Waals surface area contributed by atoms with Gasteiger partial charge in [-0.15, -0.1) is 0 Å². The van der Waals surface area contributed by atoms with Crippen molar-refractivity contribution in [1.29, 1.82) is 0 Å². The summed E-state index contributed by atoms with van der Waals surface area (Å²) in [6, 6.07) is 1.48. The molecule has 0 amide bonds. The van der Waals surface area contributed by atoms with Crippen LogP contribution in [0.3, 0.4) is 0 Å². The molecule has 0 aliphatic carbocycles. The molecule has 0 spiro atoms. The highest BCUT2D eigenvalue weighted by molar-refractivity contribution is 6.62. The van der Waals surface area contributed by atoms with Crippen LogP contribution in [0.5, 0.6) is 0 Å². The molecule has 2 heterocycles. The Hall–Kier alpha value is -0.645. The van der Waals surface area contributed by atoms with Gasteiger partial charge in [0.15, 0.2) is 0 Å². The average Bonchev–Trinajstić information content (AvgIpc) is 2.40. The molecule has 1 aliphatic heterocycles. The van der Waals surface area contributed by atoms with Crippen LogP contribution in [0.2, 0.25) is 5.02 Å². The number of aromatic nitrogens is 1. The summed E-state index contributed by atoms with van der Waals surface area (Å²) >= 11 is 5.80. The van der Waals surface area contributed by atoms with Gasteiger partial charge in [0.25, 0.3) is 0 Å². The fraction of sp³-hybridized carbons (Fsp3) is 0.545. The summed E-state index contributed by atoms with van der Waals surface area (Å²) in [6.07, 6.45) is 1.26. The third kappa shape index (κ3) is 2.19. The van der Waals surface area contributed by atoms with Gasteiger partial charge in [0.05, 0.1) is 16.2 Å². The van der Waals surface area contributed by atoms with Gasteiger partial charge < -0.3 is 9.31 Å². The second-order valence-electron chi connectivity index (χ2n) is 5.12. The maximum Gasteiger partial charge on any atom is 0.499 e. The Morgan fingerprint density at radius 2 is 1.76 bits per heavy atom. The standard InChI is InChI=1S/C11H14BClFNO2/c1-10(2)11(3,4)17-12(16-10)8-5-7(13)6-15-9(8)14/h5-6H,1-4H3. The second-order valence-corrected chi connectivity index (χ2v) is 5.56. The molecular weight excluding hydrogens is 243 g/mol. The number of hydrogen-bond donors (Lipinski definition) is 0. The average molecular weight is 258 g/mol. The highest BCUT2D eigenvalue weighted by Crippen LogP contribution is 2.36. The zero-order chi connectivity index (χ0) is 12.8. The van der Waals surface area contributed by atoms with Gasteiger partial charge in [-0.3, -0.25) is 0 Å². The van der Waals surface area contributed by atoms with E-state index >= 15 is 0 Å². The molecule has 1 aromatic heterocycles. The van der Waals surface area contributed by atoms with Crippen LogP contribution in [0.15, 0.2) is 12.3 Å². The summed E-state index contributed by atoms with van der Waals surface area (Å²) in [5, 5.41) is 0.358. The molecule has 1 fully saturated rings. The quantitative estimate of drug-likeness (QED) is 0.571. The highest BCUT2D eigenvalue weighted by atomic mass is 35.5. The van der Waals surface area contributed by atoms with Gasteiger partial charge in [-0.05, 0) is 33.8 Å². The zero-order valence-electron chi connectivity index (χ0n) is 10.3. The van der Waals surface area contributed by atoms with Gasteiger partial charge in [-0.2, -0.15) is 4.39 Å². The van der Waals surface area contributed by atoms with Crippen molar-refractivity contribution in [2.75, 3.05) is 0 Å². The topological polar surface area (TPSA) is 31.4 Å². The van der Waals surface area contributed by atoms with Crippen LogP contribution in [0.4, 0.5) is 4.39 Å². The van der Waals surface area contributed by atoms with Crippen LogP contribution >= 0.6 is 11.6 Å². The maximum atomic E-state index is 13.6. The second kappa shape index (κ2) is 3.94. The van der Waals surface area contributed by atoms with E-state index in [0.29, 0.717) is 5.02 Å². The predicted molar refractivity (Wildman–Crippen MR) is 64.9 cm³/mol. The molecule has 0 bridgehead atoms. The lowest BCUT2D eigenvalue weighted by Gasteiger charge is -2.32. The summed E-state index contributed by atoms with van der Waals surface area (Å²) in [5.41, 5.74) is -0.782. The third-order valence-electron chi connectivity index (χ3n) is 3.34. The fourth-order valence-electron chi connectivity index (χ4n) is 1.57. The molecule has 0 atom stereocenters. The normalized spacial score (nSPS) is 21.9. The first kappa shape index (κ1) is 12.8. The summed E-state index contributed by atoms with van der Waals surface area (Å²) in [7, 11) is -0.772. The van der Waals surface area contributed by atoms with E-state index in [2.05, 4.69) is 4.98 Å². The van der Waals surface area contributed by atoms with Crippen molar-refractivity contribution in [3.8, 4) is 0 Å². The van der Waals surface area contributed by atoms with E-state index in [1.54, 1.807) is 0 Å². The Balaban J connectivity index is 2.35. The lowest BCUT2D eigenvalue weighted by molar-refractivity contribution is 0.00578. The molecule has 2 rings (SSSR count). The Labute approximate surface area is 105 Å². The number of hydrogen-bond acceptors (Lipinski definition) is 3. The van der Waals surface area contributed by atoms with Crippen molar-refractivity contribution in [2.45, 2.75) is 38.9 Å². The van der Waals surface area contributed by atoms with E-state index in [0.717, 1.165) is 0 Å². The van der Waals surface area contributed by atoms with Gasteiger partial charge in [0, 0.05) is 11.7 Å². The Morgan fingerprint density at radius 3 is 2.29 bits per heavy atom. The van der Waals surface area contributed by atoms with E-state index in [1.807, 2.05) is 27.7 Å². The van der Waals surface area contributed by atoms with Crippen LogP contribution in [0.25, 0.3) is 0 Å². The van der Waals surface area contributed by atoms with Gasteiger partial charge >= 0.3 is 7.12 Å². The molecular formula is C11H14BClFNO2. The van der Waals surface area contributed by atoms with Gasteiger partial charge in [-0.25, -0.2) is 4.98 Å². The molecule has 0 saturated carbocycles. The van der Waals surface area contributed by atoms with Gasteiger partial charge in [0.1, 0.15) is 0 Å². The Morgan fingerprint density at radius 1 is 1.24 bits per heavy atom. The molecule has 0 N–H and O–H groups in total. The van der Waals surface area contributed by atoms with Crippen molar-refractivity contribution in [1.82, 2.24) is 4.98 Å². The van der Waals surface area contributed by atoms with Crippen LogP contribution in [-0.4, -0.2) is 23.3 Å². The van der Waals surface area contributed by atoms with Crippen LogP contribution < -0.4 is 5.46 Å². The van der Waals surface area contributed by atoms with Crippen LogP contribution in [0, 0.1) is 5.95 Å². The highest BCUT2D eigenvalue weighted by Gasteiger charge is 2.52. The number of nitrogens with zero attached hydrogens (tertiary/aromatic N) is 1. The summed E-state index contributed by atoms with van der Waals surface area (Å²) in [4.78, 5) is 3.56. The zero-order valence-corrected chi connectivity index (χ0v) is 11.0. The van der Waals surface area contributed by atoms with Gasteiger partial charge in [0.2, 0.25) is 5.95 Å². The smallest absolute Gasteiger partial charge is 0.399 e. The SMILES string of the molecule is CC1(C)OB(c2cc(Cl)cnc2F)OC1(C)C. The van der Waals surface area contributed by atoms with Crippen molar-refractivity contribution in [2.24, 2.45) is 0 Å². The lowest BCUT2D eigenvalue weighted by atomic mass is 9.80. The van der Waals surface area contributed by atoms with E-state index in [4.69, 9.17) is 20.9 Å².